The van der Waals surface area contributed by atoms with E-state index in [1.165, 1.54) is 12.1 Å². The number of methoxy groups -OCH3 is 1. The first-order valence-corrected chi connectivity index (χ1v) is 5.39. The first-order valence-electron chi connectivity index (χ1n) is 5.01. The molecular weight excluding hydrogens is 231 g/mol. The van der Waals surface area contributed by atoms with Crippen LogP contribution in [0, 0.1) is 5.82 Å². The third-order valence-electron chi connectivity index (χ3n) is 2.61. The smallest absolute Gasteiger partial charge is 0.124 e. The maximum atomic E-state index is 12.8. The molecule has 2 unspecified atom stereocenters. The van der Waals surface area contributed by atoms with Crippen molar-refractivity contribution in [2.24, 2.45) is 5.84 Å². The minimum atomic E-state index is -0.342. The monoisotopic (exact) mass is 246 g/mol. The molecule has 0 spiro atoms. The first-order chi connectivity index (χ1) is 7.58. The summed E-state index contributed by atoms with van der Waals surface area (Å²) in [5, 5.41) is 0.406. The second-order valence-electron chi connectivity index (χ2n) is 3.65. The third kappa shape index (κ3) is 3.42. The number of rotatable bonds is 5. The molecule has 0 aliphatic rings. The van der Waals surface area contributed by atoms with Crippen LogP contribution < -0.4 is 11.3 Å². The molecule has 3 nitrogen and oxygen atoms in total. The lowest BCUT2D eigenvalue weighted by Gasteiger charge is -2.22. The van der Waals surface area contributed by atoms with Crippen molar-refractivity contribution in [2.45, 2.75) is 25.5 Å². The van der Waals surface area contributed by atoms with Gasteiger partial charge in [0.2, 0.25) is 0 Å². The van der Waals surface area contributed by atoms with Gasteiger partial charge in [-0.3, -0.25) is 11.3 Å². The highest BCUT2D eigenvalue weighted by molar-refractivity contribution is 6.31. The van der Waals surface area contributed by atoms with Crippen LogP contribution in [0.25, 0.3) is 0 Å². The number of ether oxygens (including phenoxy) is 1. The predicted molar refractivity (Wildman–Crippen MR) is 62.7 cm³/mol. The molecule has 0 saturated carbocycles. The molecule has 1 aromatic rings. The van der Waals surface area contributed by atoms with Crippen molar-refractivity contribution >= 4 is 11.6 Å². The Bertz CT molecular complexity index is 349. The average molecular weight is 247 g/mol. The van der Waals surface area contributed by atoms with Crippen LogP contribution in [-0.2, 0) is 11.2 Å². The summed E-state index contributed by atoms with van der Waals surface area (Å²) < 4.78 is 18.0. The van der Waals surface area contributed by atoms with E-state index in [-0.39, 0.29) is 18.0 Å². The van der Waals surface area contributed by atoms with Gasteiger partial charge in [-0.25, -0.2) is 4.39 Å². The zero-order chi connectivity index (χ0) is 12.1. The summed E-state index contributed by atoms with van der Waals surface area (Å²) >= 11 is 5.93. The summed E-state index contributed by atoms with van der Waals surface area (Å²) in [6.07, 6.45) is 0.538. The van der Waals surface area contributed by atoms with Gasteiger partial charge < -0.3 is 4.74 Å². The van der Waals surface area contributed by atoms with Crippen molar-refractivity contribution in [3.63, 3.8) is 0 Å². The molecule has 0 aliphatic heterocycles. The van der Waals surface area contributed by atoms with Crippen molar-refractivity contribution in [3.8, 4) is 0 Å². The standard InChI is InChI=1S/C11H16ClFN2O/c1-7(16-2)11(15-14)5-8-3-4-9(13)6-10(8)12/h3-4,6-7,11,15H,5,14H2,1-2H3. The highest BCUT2D eigenvalue weighted by atomic mass is 35.5. The van der Waals surface area contributed by atoms with Gasteiger partial charge in [0, 0.05) is 12.1 Å². The molecule has 0 bridgehead atoms. The molecule has 0 heterocycles. The van der Waals surface area contributed by atoms with Gasteiger partial charge in [0.1, 0.15) is 5.82 Å². The van der Waals surface area contributed by atoms with E-state index in [1.807, 2.05) is 6.92 Å². The van der Waals surface area contributed by atoms with Crippen molar-refractivity contribution < 1.29 is 9.13 Å². The summed E-state index contributed by atoms with van der Waals surface area (Å²) in [5.41, 5.74) is 3.51. The van der Waals surface area contributed by atoms with Gasteiger partial charge in [-0.05, 0) is 31.0 Å². The second kappa shape index (κ2) is 6.15. The van der Waals surface area contributed by atoms with E-state index < -0.39 is 0 Å². The molecule has 0 aromatic heterocycles. The number of halogens is 2. The Morgan fingerprint density at radius 3 is 2.75 bits per heavy atom. The zero-order valence-electron chi connectivity index (χ0n) is 9.34. The lowest BCUT2D eigenvalue weighted by Crippen LogP contribution is -2.45. The first kappa shape index (κ1) is 13.4. The van der Waals surface area contributed by atoms with E-state index in [1.54, 1.807) is 13.2 Å². The van der Waals surface area contributed by atoms with Crippen LogP contribution in [0.2, 0.25) is 5.02 Å². The number of hydrogen-bond donors (Lipinski definition) is 2. The lowest BCUT2D eigenvalue weighted by molar-refractivity contribution is 0.0831. The van der Waals surface area contributed by atoms with E-state index in [4.69, 9.17) is 22.2 Å². The molecule has 0 radical (unpaired) electrons. The summed E-state index contributed by atoms with van der Waals surface area (Å²) in [6.45, 7) is 1.90. The minimum Gasteiger partial charge on any atom is -0.380 e. The highest BCUT2D eigenvalue weighted by Crippen LogP contribution is 2.19. The predicted octanol–water partition coefficient (Wildman–Crippen LogP) is 1.89. The molecule has 1 rings (SSSR count). The fraction of sp³-hybridized carbons (Fsp3) is 0.455. The Kier molecular flexibility index (Phi) is 5.15. The molecule has 3 N–H and O–H groups in total. The van der Waals surface area contributed by atoms with Gasteiger partial charge in [0.05, 0.1) is 12.1 Å². The van der Waals surface area contributed by atoms with E-state index in [0.29, 0.717) is 11.4 Å². The van der Waals surface area contributed by atoms with E-state index >= 15 is 0 Å². The van der Waals surface area contributed by atoms with E-state index in [2.05, 4.69) is 5.43 Å². The fourth-order valence-corrected chi connectivity index (χ4v) is 1.69. The Hall–Kier alpha value is -0.680. The maximum Gasteiger partial charge on any atom is 0.124 e. The summed E-state index contributed by atoms with van der Waals surface area (Å²) in [6, 6.07) is 4.27. The van der Waals surface area contributed by atoms with Gasteiger partial charge >= 0.3 is 0 Å². The average Bonchev–Trinajstić information content (AvgIpc) is 2.27. The molecule has 2 atom stereocenters. The molecule has 1 aromatic carbocycles. The normalized spacial score (nSPS) is 14.8. The Balaban J connectivity index is 2.78. The Morgan fingerprint density at radius 1 is 1.56 bits per heavy atom. The summed E-state index contributed by atoms with van der Waals surface area (Å²) in [7, 11) is 1.61. The summed E-state index contributed by atoms with van der Waals surface area (Å²) in [5.74, 6) is 5.09. The number of hydrogen-bond acceptors (Lipinski definition) is 3. The topological polar surface area (TPSA) is 47.3 Å². The Morgan fingerprint density at radius 2 is 2.25 bits per heavy atom. The van der Waals surface area contributed by atoms with Crippen LogP contribution in [0.15, 0.2) is 18.2 Å². The quantitative estimate of drug-likeness (QED) is 0.616. The van der Waals surface area contributed by atoms with Crippen molar-refractivity contribution in [3.05, 3.63) is 34.6 Å². The number of hydrazine groups is 1. The minimum absolute atomic E-state index is 0.0499. The van der Waals surface area contributed by atoms with Crippen molar-refractivity contribution in [1.82, 2.24) is 5.43 Å². The third-order valence-corrected chi connectivity index (χ3v) is 2.96. The van der Waals surface area contributed by atoms with Gasteiger partial charge in [0.15, 0.2) is 0 Å². The molecule has 0 aliphatic carbocycles. The molecule has 5 heteroatoms. The van der Waals surface area contributed by atoms with Gasteiger partial charge in [-0.15, -0.1) is 0 Å². The highest BCUT2D eigenvalue weighted by Gasteiger charge is 2.17. The molecule has 90 valence electrons. The number of nitrogens with one attached hydrogen (secondary N) is 1. The SMILES string of the molecule is COC(C)C(Cc1ccc(F)cc1Cl)NN. The maximum absolute atomic E-state index is 12.8. The van der Waals surface area contributed by atoms with Gasteiger partial charge in [-0.2, -0.15) is 0 Å². The van der Waals surface area contributed by atoms with Gasteiger partial charge in [-0.1, -0.05) is 17.7 Å². The summed E-state index contributed by atoms with van der Waals surface area (Å²) in [4.78, 5) is 0. The van der Waals surface area contributed by atoms with Crippen molar-refractivity contribution in [2.75, 3.05) is 7.11 Å². The molecule has 0 amide bonds. The van der Waals surface area contributed by atoms with Crippen LogP contribution in [-0.4, -0.2) is 19.3 Å². The molecule has 0 fully saturated rings. The number of nitrogens with two attached hydrogens (primary N) is 1. The van der Waals surface area contributed by atoms with Crippen LogP contribution in [0.3, 0.4) is 0 Å². The largest absolute Gasteiger partial charge is 0.380 e. The molecular formula is C11H16ClFN2O. The van der Waals surface area contributed by atoms with Crippen molar-refractivity contribution in [1.29, 1.82) is 0 Å². The fourth-order valence-electron chi connectivity index (χ4n) is 1.45. The zero-order valence-corrected chi connectivity index (χ0v) is 10.1. The number of benzene rings is 1. The van der Waals surface area contributed by atoms with E-state index in [9.17, 15) is 4.39 Å². The molecule has 0 saturated heterocycles. The van der Waals surface area contributed by atoms with Crippen LogP contribution >= 0.6 is 11.6 Å². The Labute approximate surface area is 99.7 Å². The molecule has 16 heavy (non-hydrogen) atoms. The van der Waals surface area contributed by atoms with Crippen LogP contribution in [0.4, 0.5) is 4.39 Å². The van der Waals surface area contributed by atoms with Crippen LogP contribution in [0.1, 0.15) is 12.5 Å². The lowest BCUT2D eigenvalue weighted by atomic mass is 10.0. The van der Waals surface area contributed by atoms with Gasteiger partial charge in [0.25, 0.3) is 0 Å². The van der Waals surface area contributed by atoms with Crippen LogP contribution in [0.5, 0.6) is 0 Å². The van der Waals surface area contributed by atoms with E-state index in [0.717, 1.165) is 5.56 Å². The second-order valence-corrected chi connectivity index (χ2v) is 4.06.